The molecule has 0 saturated carbocycles. The number of ether oxygens (including phenoxy) is 3. The van der Waals surface area contributed by atoms with Gasteiger partial charge in [-0.05, 0) is 49.7 Å². The molecule has 1 aliphatic rings. The molecule has 2 N–H and O–H groups in total. The monoisotopic (exact) mass is 448 g/mol. The molecule has 1 aliphatic heterocycles. The second-order valence-electron chi connectivity index (χ2n) is 8.58. The van der Waals surface area contributed by atoms with Gasteiger partial charge in [0.15, 0.2) is 0 Å². The Bertz CT molecular complexity index is 1040. The van der Waals surface area contributed by atoms with Gasteiger partial charge >= 0.3 is 0 Å². The van der Waals surface area contributed by atoms with Gasteiger partial charge in [0, 0.05) is 55.8 Å². The van der Waals surface area contributed by atoms with E-state index in [1.54, 1.807) is 19.4 Å². The van der Waals surface area contributed by atoms with Crippen molar-refractivity contribution in [1.29, 1.82) is 0 Å². The molecule has 0 amide bonds. The van der Waals surface area contributed by atoms with Gasteiger partial charge in [0.25, 0.3) is 0 Å². The average molecular weight is 449 g/mol. The molecular formula is C26H32N4O3. The molecule has 7 heteroatoms. The van der Waals surface area contributed by atoms with Crippen LogP contribution in [0.3, 0.4) is 0 Å². The van der Waals surface area contributed by atoms with E-state index in [2.05, 4.69) is 33.1 Å². The molecule has 1 unspecified atom stereocenters. The summed E-state index contributed by atoms with van der Waals surface area (Å²) in [5.74, 6) is 1.39. The number of methoxy groups -OCH3 is 1. The first-order chi connectivity index (χ1) is 16.0. The molecule has 7 nitrogen and oxygen atoms in total. The minimum absolute atomic E-state index is 0.0562. The fourth-order valence-electron chi connectivity index (χ4n) is 3.99. The number of nitrogen functional groups attached to an aromatic ring is 1. The standard InChI is InChI=1S/C26H32N4O3/c1-18(2)33-24-8-4-19(12-22(24)17-31-3)15-30-10-11-32-25(16-30)23-7-5-20(13-28-23)21-6-9-26(27)29-14-21/h4-9,12-14,18,25H,10-11,15-17H2,1-3H3,(H2,27,29). The molecule has 0 spiro atoms. The minimum Gasteiger partial charge on any atom is -0.491 e. The zero-order chi connectivity index (χ0) is 23.2. The molecule has 33 heavy (non-hydrogen) atoms. The Hall–Kier alpha value is -3.00. The van der Waals surface area contributed by atoms with Crippen LogP contribution in [0.5, 0.6) is 5.75 Å². The van der Waals surface area contributed by atoms with E-state index < -0.39 is 0 Å². The van der Waals surface area contributed by atoms with Gasteiger partial charge < -0.3 is 19.9 Å². The number of nitrogens with two attached hydrogens (primary N) is 1. The highest BCUT2D eigenvalue weighted by Gasteiger charge is 2.23. The van der Waals surface area contributed by atoms with Gasteiger partial charge in [0.05, 0.1) is 25.0 Å². The van der Waals surface area contributed by atoms with Crippen molar-refractivity contribution in [3.8, 4) is 16.9 Å². The third-order valence-electron chi connectivity index (χ3n) is 5.58. The number of hydrogen-bond donors (Lipinski definition) is 1. The Balaban J connectivity index is 1.42. The van der Waals surface area contributed by atoms with Crippen LogP contribution in [0.4, 0.5) is 5.82 Å². The predicted molar refractivity (Wildman–Crippen MR) is 129 cm³/mol. The lowest BCUT2D eigenvalue weighted by atomic mass is 10.1. The zero-order valence-electron chi connectivity index (χ0n) is 19.5. The minimum atomic E-state index is -0.0562. The Kier molecular flexibility index (Phi) is 7.54. The highest BCUT2D eigenvalue weighted by atomic mass is 16.5. The number of rotatable bonds is 8. The quantitative estimate of drug-likeness (QED) is 0.552. The Morgan fingerprint density at radius 2 is 1.88 bits per heavy atom. The molecular weight excluding hydrogens is 416 g/mol. The molecule has 0 bridgehead atoms. The van der Waals surface area contributed by atoms with E-state index in [0.717, 1.165) is 47.8 Å². The van der Waals surface area contributed by atoms with Gasteiger partial charge in [0.1, 0.15) is 17.7 Å². The van der Waals surface area contributed by atoms with Crippen molar-refractivity contribution in [2.24, 2.45) is 0 Å². The SMILES string of the molecule is COCc1cc(CN2CCOC(c3ccc(-c4ccc(N)nc4)cn3)C2)ccc1OC(C)C. The maximum Gasteiger partial charge on any atom is 0.125 e. The summed E-state index contributed by atoms with van der Waals surface area (Å²) in [7, 11) is 1.71. The molecule has 0 aliphatic carbocycles. The van der Waals surface area contributed by atoms with E-state index in [9.17, 15) is 0 Å². The average Bonchev–Trinajstić information content (AvgIpc) is 2.81. The lowest BCUT2D eigenvalue weighted by Crippen LogP contribution is -2.38. The van der Waals surface area contributed by atoms with Crippen LogP contribution in [-0.4, -0.2) is 47.8 Å². The van der Waals surface area contributed by atoms with Gasteiger partial charge in [-0.2, -0.15) is 0 Å². The van der Waals surface area contributed by atoms with Crippen molar-refractivity contribution < 1.29 is 14.2 Å². The molecule has 174 valence electrons. The fraction of sp³-hybridized carbons (Fsp3) is 0.385. The summed E-state index contributed by atoms with van der Waals surface area (Å²) in [5, 5.41) is 0. The number of morpholine rings is 1. The number of pyridine rings is 2. The first-order valence-electron chi connectivity index (χ1n) is 11.3. The van der Waals surface area contributed by atoms with Crippen LogP contribution < -0.4 is 10.5 Å². The fourth-order valence-corrected chi connectivity index (χ4v) is 3.99. The van der Waals surface area contributed by atoms with Crippen molar-refractivity contribution in [3.63, 3.8) is 0 Å². The third-order valence-corrected chi connectivity index (χ3v) is 5.58. The highest BCUT2D eigenvalue weighted by Crippen LogP contribution is 2.27. The van der Waals surface area contributed by atoms with Crippen LogP contribution in [0.25, 0.3) is 11.1 Å². The zero-order valence-corrected chi connectivity index (χ0v) is 19.5. The van der Waals surface area contributed by atoms with Crippen molar-refractivity contribution in [2.75, 3.05) is 32.5 Å². The van der Waals surface area contributed by atoms with Crippen molar-refractivity contribution in [1.82, 2.24) is 14.9 Å². The van der Waals surface area contributed by atoms with E-state index in [1.165, 1.54) is 5.56 Å². The molecule has 1 aromatic carbocycles. The van der Waals surface area contributed by atoms with Gasteiger partial charge in [-0.15, -0.1) is 0 Å². The maximum absolute atomic E-state index is 6.05. The van der Waals surface area contributed by atoms with Gasteiger partial charge in [0.2, 0.25) is 0 Å². The topological polar surface area (TPSA) is 82.7 Å². The molecule has 3 heterocycles. The van der Waals surface area contributed by atoms with E-state index in [4.69, 9.17) is 19.9 Å². The number of aromatic nitrogens is 2. The lowest BCUT2D eigenvalue weighted by molar-refractivity contribution is -0.0350. The van der Waals surface area contributed by atoms with E-state index in [0.29, 0.717) is 19.0 Å². The Morgan fingerprint density at radius 1 is 1.09 bits per heavy atom. The van der Waals surface area contributed by atoms with E-state index in [-0.39, 0.29) is 12.2 Å². The van der Waals surface area contributed by atoms with Gasteiger partial charge in [-0.1, -0.05) is 12.1 Å². The van der Waals surface area contributed by atoms with Crippen molar-refractivity contribution in [3.05, 3.63) is 71.7 Å². The predicted octanol–water partition coefficient (Wildman–Crippen LogP) is 4.23. The molecule has 4 rings (SSSR count). The normalized spacial score (nSPS) is 16.8. The summed E-state index contributed by atoms with van der Waals surface area (Å²) in [6, 6.07) is 14.2. The maximum atomic E-state index is 6.05. The summed E-state index contributed by atoms with van der Waals surface area (Å²) in [4.78, 5) is 11.2. The van der Waals surface area contributed by atoms with Crippen molar-refractivity contribution in [2.45, 2.75) is 39.2 Å². The Morgan fingerprint density at radius 3 is 2.55 bits per heavy atom. The van der Waals surface area contributed by atoms with E-state index in [1.807, 2.05) is 38.2 Å². The lowest BCUT2D eigenvalue weighted by Gasteiger charge is -2.32. The summed E-state index contributed by atoms with van der Waals surface area (Å²) >= 11 is 0. The summed E-state index contributed by atoms with van der Waals surface area (Å²) in [6.45, 7) is 7.79. The van der Waals surface area contributed by atoms with Crippen LogP contribution in [0, 0.1) is 0 Å². The number of anilines is 1. The second kappa shape index (κ2) is 10.7. The molecule has 2 aromatic heterocycles. The highest BCUT2D eigenvalue weighted by molar-refractivity contribution is 5.62. The van der Waals surface area contributed by atoms with Crippen LogP contribution >= 0.6 is 0 Å². The van der Waals surface area contributed by atoms with Crippen LogP contribution in [0.2, 0.25) is 0 Å². The molecule has 1 saturated heterocycles. The Labute approximate surface area is 195 Å². The van der Waals surface area contributed by atoms with Crippen LogP contribution in [0.1, 0.15) is 36.8 Å². The molecule has 3 aromatic rings. The number of benzene rings is 1. The van der Waals surface area contributed by atoms with Crippen molar-refractivity contribution >= 4 is 5.82 Å². The number of hydrogen-bond acceptors (Lipinski definition) is 7. The number of nitrogens with zero attached hydrogens (tertiary/aromatic N) is 3. The molecule has 0 radical (unpaired) electrons. The van der Waals surface area contributed by atoms with E-state index >= 15 is 0 Å². The second-order valence-corrected chi connectivity index (χ2v) is 8.58. The van der Waals surface area contributed by atoms with Crippen LogP contribution in [0.15, 0.2) is 54.9 Å². The van der Waals surface area contributed by atoms with Crippen LogP contribution in [-0.2, 0) is 22.6 Å². The van der Waals surface area contributed by atoms with Gasteiger partial charge in [-0.25, -0.2) is 4.98 Å². The smallest absolute Gasteiger partial charge is 0.125 e. The third kappa shape index (κ3) is 6.07. The summed E-state index contributed by atoms with van der Waals surface area (Å²) in [6.07, 6.45) is 3.70. The molecule has 1 fully saturated rings. The summed E-state index contributed by atoms with van der Waals surface area (Å²) in [5.41, 5.74) is 10.9. The first-order valence-corrected chi connectivity index (χ1v) is 11.3. The molecule has 1 atom stereocenters. The van der Waals surface area contributed by atoms with Gasteiger partial charge in [-0.3, -0.25) is 9.88 Å². The first kappa shape index (κ1) is 23.2. The summed E-state index contributed by atoms with van der Waals surface area (Å²) < 4.78 is 17.4. The largest absolute Gasteiger partial charge is 0.491 e.